The maximum atomic E-state index is 4.67. The van der Waals surface area contributed by atoms with Crippen LogP contribution in [0.1, 0.15) is 50.2 Å². The summed E-state index contributed by atoms with van der Waals surface area (Å²) in [5.41, 5.74) is 0. The molecule has 0 aromatic carbocycles. The second-order valence-corrected chi connectivity index (χ2v) is 6.47. The van der Waals surface area contributed by atoms with Gasteiger partial charge in [0.1, 0.15) is 18.0 Å². The van der Waals surface area contributed by atoms with Gasteiger partial charge in [-0.2, -0.15) is 20.1 Å². The number of H-pyrrole nitrogens is 1. The van der Waals surface area contributed by atoms with Crippen molar-refractivity contribution in [1.29, 1.82) is 0 Å². The Morgan fingerprint density at radius 2 is 1.91 bits per heavy atom. The largest absolute Gasteiger partial charge is 0.347 e. The van der Waals surface area contributed by atoms with Gasteiger partial charge in [0.2, 0.25) is 11.9 Å². The molecule has 0 bridgehead atoms. The molecule has 3 rings (SSSR count). The van der Waals surface area contributed by atoms with Gasteiger partial charge < -0.3 is 9.80 Å². The lowest BCUT2D eigenvalue weighted by Gasteiger charge is -2.31. The molecule has 0 saturated carbocycles. The van der Waals surface area contributed by atoms with Crippen molar-refractivity contribution < 1.29 is 0 Å². The summed E-state index contributed by atoms with van der Waals surface area (Å²) in [4.78, 5) is 22.3. The lowest BCUT2D eigenvalue weighted by Crippen LogP contribution is -2.35. The van der Waals surface area contributed by atoms with Crippen LogP contribution < -0.4 is 9.80 Å². The number of hydrogen-bond donors (Lipinski definition) is 1. The summed E-state index contributed by atoms with van der Waals surface area (Å²) in [5, 5.41) is 6.93. The van der Waals surface area contributed by atoms with Crippen LogP contribution in [0.5, 0.6) is 0 Å². The van der Waals surface area contributed by atoms with Crippen molar-refractivity contribution in [1.82, 2.24) is 30.1 Å². The predicted octanol–water partition coefficient (Wildman–Crippen LogP) is 1.56. The summed E-state index contributed by atoms with van der Waals surface area (Å²) >= 11 is 0. The lowest BCUT2D eigenvalue weighted by atomic mass is 9.96. The van der Waals surface area contributed by atoms with Crippen molar-refractivity contribution >= 4 is 11.9 Å². The van der Waals surface area contributed by atoms with E-state index < -0.39 is 0 Å². The molecular weight excluding hydrogens is 292 g/mol. The molecule has 2 aromatic heterocycles. The standard InChI is InChI=1S/C15H24N8/c1-10(2)12-18-14(22(3)4)20-15(19-12)23-7-5-11(6-8-23)13-16-9-17-21-13/h9-11H,5-8H2,1-4H3,(H,16,17,21). The van der Waals surface area contributed by atoms with E-state index in [4.69, 9.17) is 0 Å². The second-order valence-electron chi connectivity index (χ2n) is 6.47. The maximum absolute atomic E-state index is 4.67. The number of hydrogen-bond acceptors (Lipinski definition) is 7. The summed E-state index contributed by atoms with van der Waals surface area (Å²) in [7, 11) is 3.92. The van der Waals surface area contributed by atoms with Gasteiger partial charge >= 0.3 is 0 Å². The first-order chi connectivity index (χ1) is 11.0. The first-order valence-electron chi connectivity index (χ1n) is 8.08. The zero-order valence-electron chi connectivity index (χ0n) is 14.2. The molecule has 8 nitrogen and oxygen atoms in total. The molecule has 0 amide bonds. The zero-order valence-corrected chi connectivity index (χ0v) is 14.2. The molecule has 0 aliphatic carbocycles. The number of nitrogens with zero attached hydrogens (tertiary/aromatic N) is 7. The maximum Gasteiger partial charge on any atom is 0.230 e. The Hall–Kier alpha value is -2.25. The van der Waals surface area contributed by atoms with Crippen molar-refractivity contribution in [2.75, 3.05) is 37.0 Å². The summed E-state index contributed by atoms with van der Waals surface area (Å²) in [6.07, 6.45) is 3.62. The van der Waals surface area contributed by atoms with Crippen molar-refractivity contribution in [3.63, 3.8) is 0 Å². The molecule has 3 heterocycles. The number of aromatic nitrogens is 6. The van der Waals surface area contributed by atoms with Gasteiger partial charge in [-0.25, -0.2) is 4.98 Å². The molecule has 8 heteroatoms. The van der Waals surface area contributed by atoms with E-state index in [0.717, 1.165) is 49.5 Å². The number of anilines is 2. The summed E-state index contributed by atoms with van der Waals surface area (Å²) < 4.78 is 0. The normalized spacial score (nSPS) is 16.1. The highest BCUT2D eigenvalue weighted by Crippen LogP contribution is 2.27. The fraction of sp³-hybridized carbons (Fsp3) is 0.667. The van der Waals surface area contributed by atoms with E-state index in [0.29, 0.717) is 5.92 Å². The quantitative estimate of drug-likeness (QED) is 0.916. The van der Waals surface area contributed by atoms with Crippen LogP contribution in [0.4, 0.5) is 11.9 Å². The van der Waals surface area contributed by atoms with E-state index in [2.05, 4.69) is 48.9 Å². The van der Waals surface area contributed by atoms with Gasteiger partial charge in [0.15, 0.2) is 0 Å². The van der Waals surface area contributed by atoms with Crippen LogP contribution in [-0.4, -0.2) is 57.3 Å². The van der Waals surface area contributed by atoms with Crippen LogP contribution >= 0.6 is 0 Å². The molecule has 0 unspecified atom stereocenters. The van der Waals surface area contributed by atoms with E-state index in [9.17, 15) is 0 Å². The Bertz CT molecular complexity index is 603. The van der Waals surface area contributed by atoms with Crippen molar-refractivity contribution in [2.24, 2.45) is 0 Å². The smallest absolute Gasteiger partial charge is 0.230 e. The highest BCUT2D eigenvalue weighted by Gasteiger charge is 2.25. The third kappa shape index (κ3) is 3.40. The van der Waals surface area contributed by atoms with E-state index in [1.807, 2.05) is 19.0 Å². The van der Waals surface area contributed by atoms with Crippen molar-refractivity contribution in [2.45, 2.75) is 38.5 Å². The minimum absolute atomic E-state index is 0.280. The molecule has 1 saturated heterocycles. The second kappa shape index (κ2) is 6.47. The van der Waals surface area contributed by atoms with Gasteiger partial charge in [0, 0.05) is 39.0 Å². The summed E-state index contributed by atoms with van der Waals surface area (Å²) in [5.74, 6) is 4.04. The summed E-state index contributed by atoms with van der Waals surface area (Å²) in [6.45, 7) is 6.04. The summed E-state index contributed by atoms with van der Waals surface area (Å²) in [6, 6.07) is 0. The molecule has 0 radical (unpaired) electrons. The Morgan fingerprint density at radius 3 is 2.48 bits per heavy atom. The first kappa shape index (κ1) is 15.6. The Labute approximate surface area is 136 Å². The fourth-order valence-electron chi connectivity index (χ4n) is 2.73. The van der Waals surface area contributed by atoms with E-state index in [1.54, 1.807) is 6.33 Å². The van der Waals surface area contributed by atoms with Gasteiger partial charge in [-0.15, -0.1) is 0 Å². The average molecular weight is 316 g/mol. The SMILES string of the molecule is CC(C)c1nc(N(C)C)nc(N2CCC(c3ncn[nH]3)CC2)n1. The lowest BCUT2D eigenvalue weighted by molar-refractivity contribution is 0.480. The zero-order chi connectivity index (χ0) is 16.4. The topological polar surface area (TPSA) is 86.7 Å². The monoisotopic (exact) mass is 316 g/mol. The predicted molar refractivity (Wildman–Crippen MR) is 88.8 cm³/mol. The molecule has 1 N–H and O–H groups in total. The fourth-order valence-corrected chi connectivity index (χ4v) is 2.73. The molecule has 1 aliphatic rings. The Balaban J connectivity index is 1.77. The van der Waals surface area contributed by atoms with Gasteiger partial charge in [-0.3, -0.25) is 5.10 Å². The number of aromatic amines is 1. The van der Waals surface area contributed by atoms with Gasteiger partial charge in [0.25, 0.3) is 0 Å². The van der Waals surface area contributed by atoms with Gasteiger partial charge in [-0.1, -0.05) is 13.8 Å². The molecule has 124 valence electrons. The van der Waals surface area contributed by atoms with Gasteiger partial charge in [0.05, 0.1) is 0 Å². The number of piperidine rings is 1. The van der Waals surface area contributed by atoms with Crippen LogP contribution in [-0.2, 0) is 0 Å². The molecule has 1 aliphatic heterocycles. The average Bonchev–Trinajstić information content (AvgIpc) is 3.09. The van der Waals surface area contributed by atoms with Crippen LogP contribution in [0.2, 0.25) is 0 Å². The highest BCUT2D eigenvalue weighted by atomic mass is 15.3. The minimum Gasteiger partial charge on any atom is -0.347 e. The van der Waals surface area contributed by atoms with Crippen LogP contribution in [0.25, 0.3) is 0 Å². The van der Waals surface area contributed by atoms with Gasteiger partial charge in [-0.05, 0) is 12.8 Å². The number of nitrogens with one attached hydrogen (secondary N) is 1. The molecule has 23 heavy (non-hydrogen) atoms. The van der Waals surface area contributed by atoms with E-state index >= 15 is 0 Å². The molecule has 0 spiro atoms. The van der Waals surface area contributed by atoms with Crippen LogP contribution in [0, 0.1) is 0 Å². The van der Waals surface area contributed by atoms with E-state index in [-0.39, 0.29) is 5.92 Å². The molecule has 2 aromatic rings. The third-order valence-electron chi connectivity index (χ3n) is 4.14. The first-order valence-corrected chi connectivity index (χ1v) is 8.08. The van der Waals surface area contributed by atoms with E-state index in [1.165, 1.54) is 0 Å². The third-order valence-corrected chi connectivity index (χ3v) is 4.14. The van der Waals surface area contributed by atoms with Crippen LogP contribution in [0.15, 0.2) is 6.33 Å². The Morgan fingerprint density at radius 1 is 1.17 bits per heavy atom. The molecule has 1 fully saturated rings. The minimum atomic E-state index is 0.280. The Kier molecular flexibility index (Phi) is 4.40. The van der Waals surface area contributed by atoms with Crippen molar-refractivity contribution in [3.05, 3.63) is 18.0 Å². The molecular formula is C15H24N8. The highest BCUT2D eigenvalue weighted by molar-refractivity contribution is 5.39. The van der Waals surface area contributed by atoms with Crippen molar-refractivity contribution in [3.8, 4) is 0 Å². The van der Waals surface area contributed by atoms with Crippen LogP contribution in [0.3, 0.4) is 0 Å². The number of rotatable bonds is 4. The molecule has 0 atom stereocenters.